The van der Waals surface area contributed by atoms with Crippen molar-refractivity contribution in [2.45, 2.75) is 38.1 Å². The quantitative estimate of drug-likeness (QED) is 0.563. The molecule has 0 aliphatic rings. The van der Waals surface area contributed by atoms with Gasteiger partial charge >= 0.3 is 12.0 Å². The van der Waals surface area contributed by atoms with E-state index in [0.717, 1.165) is 18.2 Å². The first-order valence-electron chi connectivity index (χ1n) is 9.45. The van der Waals surface area contributed by atoms with E-state index in [2.05, 4.69) is 10.0 Å². The Labute approximate surface area is 185 Å². The molecule has 3 N–H and O–H groups in total. The molecular weight excluding hydrogens is 441 g/mol. The van der Waals surface area contributed by atoms with Crippen LogP contribution < -0.4 is 15.4 Å². The second-order valence-electron chi connectivity index (χ2n) is 7.89. The molecule has 0 spiro atoms. The lowest BCUT2D eigenvalue weighted by Crippen LogP contribution is -2.49. The summed E-state index contributed by atoms with van der Waals surface area (Å²) >= 11 is 0. The van der Waals surface area contributed by atoms with Crippen molar-refractivity contribution >= 4 is 33.6 Å². The Morgan fingerprint density at radius 1 is 1.06 bits per heavy atom. The number of nitrogens with one attached hydrogen (secondary N) is 3. The second kappa shape index (κ2) is 9.77. The summed E-state index contributed by atoms with van der Waals surface area (Å²) in [6.07, 6.45) is 0. The number of amides is 3. The molecule has 0 aromatic heterocycles. The van der Waals surface area contributed by atoms with Gasteiger partial charge in [0, 0.05) is 5.54 Å². The molecule has 0 saturated carbocycles. The highest BCUT2D eigenvalue weighted by Gasteiger charge is 2.22. The van der Waals surface area contributed by atoms with Gasteiger partial charge in [-0.2, -0.15) is 0 Å². The molecule has 172 valence electrons. The smallest absolute Gasteiger partial charge is 0.340 e. The van der Waals surface area contributed by atoms with Crippen LogP contribution in [0.2, 0.25) is 0 Å². The molecule has 0 fully saturated rings. The molecule has 0 saturated heterocycles. The highest BCUT2D eigenvalue weighted by molar-refractivity contribution is 7.92. The zero-order valence-electron chi connectivity index (χ0n) is 18.0. The van der Waals surface area contributed by atoms with Crippen LogP contribution in [0.3, 0.4) is 0 Å². The number of carbonyl (C=O) groups is 3. The summed E-state index contributed by atoms with van der Waals surface area (Å²) in [4.78, 5) is 35.8. The van der Waals surface area contributed by atoms with E-state index >= 15 is 0 Å². The first-order valence-corrected chi connectivity index (χ1v) is 10.9. The minimum atomic E-state index is -4.14. The average molecular weight is 466 g/mol. The van der Waals surface area contributed by atoms with Crippen molar-refractivity contribution in [1.82, 2.24) is 10.6 Å². The third-order valence-electron chi connectivity index (χ3n) is 3.89. The van der Waals surface area contributed by atoms with Crippen molar-refractivity contribution in [3.05, 3.63) is 59.4 Å². The van der Waals surface area contributed by atoms with Crippen LogP contribution in [0.1, 0.15) is 36.7 Å². The van der Waals surface area contributed by atoms with E-state index in [0.29, 0.717) is 0 Å². The normalized spacial score (nSPS) is 11.4. The molecule has 0 heterocycles. The predicted molar refractivity (Wildman–Crippen MR) is 115 cm³/mol. The van der Waals surface area contributed by atoms with Gasteiger partial charge in [0.2, 0.25) is 0 Å². The van der Waals surface area contributed by atoms with E-state index in [1.54, 1.807) is 20.8 Å². The highest BCUT2D eigenvalue weighted by Crippen LogP contribution is 2.23. The van der Waals surface area contributed by atoms with Crippen LogP contribution in [0.15, 0.2) is 47.4 Å². The lowest BCUT2D eigenvalue weighted by molar-refractivity contribution is -0.123. The van der Waals surface area contributed by atoms with Crippen molar-refractivity contribution in [2.24, 2.45) is 0 Å². The molecule has 32 heavy (non-hydrogen) atoms. The van der Waals surface area contributed by atoms with E-state index in [1.807, 2.05) is 5.32 Å². The Bertz CT molecular complexity index is 1140. The number of imide groups is 1. The van der Waals surface area contributed by atoms with Gasteiger partial charge in [0.25, 0.3) is 15.9 Å². The van der Waals surface area contributed by atoms with Gasteiger partial charge < -0.3 is 10.1 Å². The van der Waals surface area contributed by atoms with Gasteiger partial charge in [0.1, 0.15) is 5.82 Å². The Balaban J connectivity index is 2.10. The number of hydrogen-bond donors (Lipinski definition) is 3. The average Bonchev–Trinajstić information content (AvgIpc) is 2.64. The Hall–Kier alpha value is -3.47. The second-order valence-corrected chi connectivity index (χ2v) is 9.54. The van der Waals surface area contributed by atoms with Crippen molar-refractivity contribution in [1.29, 1.82) is 0 Å². The van der Waals surface area contributed by atoms with Crippen LogP contribution >= 0.6 is 0 Å². The molecule has 2 aromatic rings. The number of ether oxygens (including phenoxy) is 1. The Kier molecular flexibility index (Phi) is 7.57. The van der Waals surface area contributed by atoms with Crippen LogP contribution in [-0.4, -0.2) is 38.5 Å². The maximum Gasteiger partial charge on any atom is 0.340 e. The SMILES string of the molecule is Cc1cc(F)ccc1S(=O)(=O)Nc1ccccc1C(=O)OCC(=O)NC(=O)NC(C)(C)C. The van der Waals surface area contributed by atoms with Crippen molar-refractivity contribution in [3.63, 3.8) is 0 Å². The number of sulfonamides is 1. The molecule has 0 radical (unpaired) electrons. The topological polar surface area (TPSA) is 131 Å². The lowest BCUT2D eigenvalue weighted by Gasteiger charge is -2.20. The summed E-state index contributed by atoms with van der Waals surface area (Å²) in [5.41, 5.74) is -0.627. The summed E-state index contributed by atoms with van der Waals surface area (Å²) in [6, 6.07) is 8.07. The molecular formula is C21H24FN3O6S. The van der Waals surface area contributed by atoms with Crippen LogP contribution in [0.5, 0.6) is 0 Å². The van der Waals surface area contributed by atoms with Gasteiger partial charge in [-0.3, -0.25) is 14.8 Å². The van der Waals surface area contributed by atoms with E-state index < -0.39 is 45.9 Å². The fraction of sp³-hybridized carbons (Fsp3) is 0.286. The number of para-hydroxylation sites is 1. The number of halogens is 1. The number of aryl methyl sites for hydroxylation is 1. The maximum atomic E-state index is 13.3. The molecule has 3 amide bonds. The zero-order valence-corrected chi connectivity index (χ0v) is 18.8. The standard InChI is InChI=1S/C21H24FN3O6S/c1-13-11-14(22)9-10-17(13)32(29,30)25-16-8-6-5-7-15(16)19(27)31-12-18(26)23-20(28)24-21(2,3)4/h5-11,25H,12H2,1-4H3,(H2,23,24,26,28). The lowest BCUT2D eigenvalue weighted by atomic mass is 10.1. The van der Waals surface area contributed by atoms with E-state index in [1.165, 1.54) is 31.2 Å². The Morgan fingerprint density at radius 2 is 1.72 bits per heavy atom. The number of benzene rings is 2. The number of esters is 1. The summed E-state index contributed by atoms with van der Waals surface area (Å²) in [5.74, 6) is -2.43. The van der Waals surface area contributed by atoms with Crippen LogP contribution in [0.4, 0.5) is 14.9 Å². The molecule has 0 atom stereocenters. The van der Waals surface area contributed by atoms with Crippen molar-refractivity contribution in [3.8, 4) is 0 Å². The molecule has 0 aliphatic carbocycles. The van der Waals surface area contributed by atoms with Gasteiger partial charge in [-0.15, -0.1) is 0 Å². The number of rotatable bonds is 6. The molecule has 9 nitrogen and oxygen atoms in total. The fourth-order valence-corrected chi connectivity index (χ4v) is 3.92. The zero-order chi connectivity index (χ0) is 24.1. The van der Waals surface area contributed by atoms with Gasteiger partial charge in [0.05, 0.1) is 16.1 Å². The Morgan fingerprint density at radius 3 is 2.34 bits per heavy atom. The number of hydrogen-bond acceptors (Lipinski definition) is 6. The molecule has 2 aromatic carbocycles. The summed E-state index contributed by atoms with van der Waals surface area (Å²) in [7, 11) is -4.14. The molecule has 0 aliphatic heterocycles. The maximum absolute atomic E-state index is 13.3. The molecule has 0 bridgehead atoms. The first kappa shape index (κ1) is 24.8. The monoisotopic (exact) mass is 465 g/mol. The van der Waals surface area contributed by atoms with Crippen molar-refractivity contribution < 1.29 is 31.9 Å². The van der Waals surface area contributed by atoms with Crippen LogP contribution in [0.25, 0.3) is 0 Å². The minimum absolute atomic E-state index is 0.0906. The van der Waals surface area contributed by atoms with Gasteiger partial charge in [-0.25, -0.2) is 22.4 Å². The van der Waals surface area contributed by atoms with Gasteiger partial charge in [-0.05, 0) is 63.6 Å². The summed E-state index contributed by atoms with van der Waals surface area (Å²) in [5, 5.41) is 4.54. The van der Waals surface area contributed by atoms with E-state index in [-0.39, 0.29) is 21.7 Å². The number of anilines is 1. The highest BCUT2D eigenvalue weighted by atomic mass is 32.2. The summed E-state index contributed by atoms with van der Waals surface area (Å²) in [6.45, 7) is 5.86. The molecule has 0 unspecified atom stereocenters. The third kappa shape index (κ3) is 7.05. The van der Waals surface area contributed by atoms with E-state index in [4.69, 9.17) is 4.74 Å². The molecule has 2 rings (SSSR count). The van der Waals surface area contributed by atoms with Crippen LogP contribution in [-0.2, 0) is 19.6 Å². The fourth-order valence-electron chi connectivity index (χ4n) is 2.61. The van der Waals surface area contributed by atoms with E-state index in [9.17, 15) is 27.2 Å². The summed E-state index contributed by atoms with van der Waals surface area (Å²) < 4.78 is 45.9. The third-order valence-corrected chi connectivity index (χ3v) is 5.42. The number of carbonyl (C=O) groups excluding carboxylic acids is 3. The van der Waals surface area contributed by atoms with Crippen LogP contribution in [0, 0.1) is 12.7 Å². The molecule has 11 heteroatoms. The first-order chi connectivity index (χ1) is 14.8. The van der Waals surface area contributed by atoms with Gasteiger partial charge in [-0.1, -0.05) is 12.1 Å². The minimum Gasteiger partial charge on any atom is -0.452 e. The van der Waals surface area contributed by atoms with Gasteiger partial charge in [0.15, 0.2) is 6.61 Å². The largest absolute Gasteiger partial charge is 0.452 e. The predicted octanol–water partition coefficient (Wildman–Crippen LogP) is 2.72. The van der Waals surface area contributed by atoms with Crippen molar-refractivity contribution in [2.75, 3.05) is 11.3 Å². The number of urea groups is 1.